The Kier molecular flexibility index (Phi) is 3.57. The van der Waals surface area contributed by atoms with Crippen molar-refractivity contribution in [1.82, 2.24) is 35.5 Å². The van der Waals surface area contributed by atoms with Gasteiger partial charge in [-0.25, -0.2) is 9.97 Å². The van der Waals surface area contributed by atoms with Gasteiger partial charge in [0.15, 0.2) is 11.5 Å². The Morgan fingerprint density at radius 2 is 1.93 bits per heavy atom. The van der Waals surface area contributed by atoms with Gasteiger partial charge in [0.1, 0.15) is 16.7 Å². The Balaban J connectivity index is 1.50. The molecule has 29 heavy (non-hydrogen) atoms. The lowest BCUT2D eigenvalue weighted by atomic mass is 10.1. The molecule has 0 aromatic carbocycles. The van der Waals surface area contributed by atoms with Gasteiger partial charge in [0, 0.05) is 18.3 Å². The number of hydrogen-bond acceptors (Lipinski definition) is 6. The highest BCUT2D eigenvalue weighted by Gasteiger charge is 2.18. The maximum atomic E-state index is 5.21. The number of hydrogen-bond donors (Lipinski definition) is 3. The van der Waals surface area contributed by atoms with Gasteiger partial charge in [-0.15, -0.1) is 0 Å². The van der Waals surface area contributed by atoms with Crippen molar-refractivity contribution in [2.45, 2.75) is 6.42 Å². The monoisotopic (exact) mass is 383 g/mol. The fourth-order valence-electron chi connectivity index (χ4n) is 3.76. The molecular weight excluding hydrogens is 366 g/mol. The van der Waals surface area contributed by atoms with Gasteiger partial charge in [-0.05, 0) is 42.8 Å². The van der Waals surface area contributed by atoms with Crippen LogP contribution in [0.15, 0.2) is 53.5 Å². The van der Waals surface area contributed by atoms with Crippen molar-refractivity contribution in [3.63, 3.8) is 0 Å². The standard InChI is InChI=1S/C21H17N7O/c1-2-16-19(24-14(1)12-3-7-22-8-4-12)20(28-27-16)21-25-15-5-9-23-17(18(15)26-21)13-6-10-29-11-13/h1-3,5-6,9-11,22H,4,7-8H2,(H,25,26)(H,27,28). The van der Waals surface area contributed by atoms with Gasteiger partial charge in [0.25, 0.3) is 0 Å². The molecule has 142 valence electrons. The molecule has 0 saturated carbocycles. The van der Waals surface area contributed by atoms with Gasteiger partial charge in [0.05, 0.1) is 29.3 Å². The summed E-state index contributed by atoms with van der Waals surface area (Å²) in [5, 5.41) is 10.9. The number of H-pyrrole nitrogens is 2. The van der Waals surface area contributed by atoms with Crippen LogP contribution in [0.25, 0.3) is 50.4 Å². The van der Waals surface area contributed by atoms with E-state index in [1.54, 1.807) is 18.7 Å². The summed E-state index contributed by atoms with van der Waals surface area (Å²) in [4.78, 5) is 17.5. The summed E-state index contributed by atoms with van der Waals surface area (Å²) in [6, 6.07) is 7.85. The number of rotatable bonds is 3. The van der Waals surface area contributed by atoms with E-state index in [0.717, 1.165) is 58.5 Å². The molecule has 5 aromatic rings. The van der Waals surface area contributed by atoms with Crippen LogP contribution in [0.4, 0.5) is 0 Å². The van der Waals surface area contributed by atoms with E-state index in [1.165, 1.54) is 5.57 Å². The van der Waals surface area contributed by atoms with Gasteiger partial charge >= 0.3 is 0 Å². The molecular formula is C21H17N7O. The summed E-state index contributed by atoms with van der Waals surface area (Å²) in [7, 11) is 0. The molecule has 0 radical (unpaired) electrons. The van der Waals surface area contributed by atoms with Crippen LogP contribution >= 0.6 is 0 Å². The Hall–Kier alpha value is -3.78. The highest BCUT2D eigenvalue weighted by atomic mass is 16.3. The van der Waals surface area contributed by atoms with Crippen LogP contribution in [0, 0.1) is 0 Å². The predicted octanol–water partition coefficient (Wildman–Crippen LogP) is 3.53. The molecule has 0 spiro atoms. The van der Waals surface area contributed by atoms with Crippen molar-refractivity contribution in [3.8, 4) is 22.8 Å². The third kappa shape index (κ3) is 2.65. The number of furan rings is 1. The lowest BCUT2D eigenvalue weighted by molar-refractivity contribution is 0.568. The summed E-state index contributed by atoms with van der Waals surface area (Å²) in [5.41, 5.74) is 7.95. The fraction of sp³-hybridized carbons (Fsp3) is 0.143. The molecule has 0 fully saturated rings. The van der Waals surface area contributed by atoms with Crippen molar-refractivity contribution >= 4 is 27.6 Å². The molecule has 0 aliphatic carbocycles. The lowest BCUT2D eigenvalue weighted by Gasteiger charge is -2.13. The Labute approximate surface area is 165 Å². The number of nitrogens with one attached hydrogen (secondary N) is 3. The second-order valence-electron chi connectivity index (χ2n) is 7.00. The van der Waals surface area contributed by atoms with Crippen LogP contribution in [-0.4, -0.2) is 43.2 Å². The minimum absolute atomic E-state index is 0.660. The van der Waals surface area contributed by atoms with E-state index in [4.69, 9.17) is 14.4 Å². The highest BCUT2D eigenvalue weighted by molar-refractivity contribution is 5.94. The van der Waals surface area contributed by atoms with Gasteiger partial charge < -0.3 is 14.7 Å². The molecule has 6 heterocycles. The molecule has 8 heteroatoms. The van der Waals surface area contributed by atoms with Crippen molar-refractivity contribution in [1.29, 1.82) is 0 Å². The first kappa shape index (κ1) is 16.2. The molecule has 0 unspecified atom stereocenters. The molecule has 1 aliphatic rings. The van der Waals surface area contributed by atoms with Crippen LogP contribution in [0.3, 0.4) is 0 Å². The minimum atomic E-state index is 0.660. The molecule has 1 aliphatic heterocycles. The smallest absolute Gasteiger partial charge is 0.161 e. The number of aromatic nitrogens is 6. The number of fused-ring (bicyclic) bond motifs is 2. The molecule has 3 N–H and O–H groups in total. The maximum absolute atomic E-state index is 5.21. The molecule has 0 bridgehead atoms. The largest absolute Gasteiger partial charge is 0.472 e. The Morgan fingerprint density at radius 1 is 0.966 bits per heavy atom. The lowest BCUT2D eigenvalue weighted by Crippen LogP contribution is -2.20. The quantitative estimate of drug-likeness (QED) is 0.440. The molecule has 8 nitrogen and oxygen atoms in total. The Morgan fingerprint density at radius 3 is 2.79 bits per heavy atom. The molecule has 5 aromatic heterocycles. The second-order valence-corrected chi connectivity index (χ2v) is 7.00. The first-order valence-electron chi connectivity index (χ1n) is 9.50. The maximum Gasteiger partial charge on any atom is 0.161 e. The zero-order valence-electron chi connectivity index (χ0n) is 15.4. The van der Waals surface area contributed by atoms with Gasteiger partial charge in [0.2, 0.25) is 0 Å². The highest BCUT2D eigenvalue weighted by Crippen LogP contribution is 2.30. The van der Waals surface area contributed by atoms with Crippen LogP contribution < -0.4 is 5.32 Å². The second kappa shape index (κ2) is 6.39. The third-order valence-corrected chi connectivity index (χ3v) is 5.22. The van der Waals surface area contributed by atoms with E-state index >= 15 is 0 Å². The number of imidazole rings is 1. The normalized spacial score (nSPS) is 14.6. The van der Waals surface area contributed by atoms with Gasteiger partial charge in [-0.1, -0.05) is 6.08 Å². The van der Waals surface area contributed by atoms with Crippen LogP contribution in [0.2, 0.25) is 0 Å². The van der Waals surface area contributed by atoms with E-state index in [9.17, 15) is 0 Å². The number of pyridine rings is 2. The van der Waals surface area contributed by atoms with Crippen molar-refractivity contribution in [2.24, 2.45) is 0 Å². The van der Waals surface area contributed by atoms with Crippen LogP contribution in [0.1, 0.15) is 12.1 Å². The molecule has 0 amide bonds. The number of nitrogens with zero attached hydrogens (tertiary/aromatic N) is 4. The van der Waals surface area contributed by atoms with E-state index in [-0.39, 0.29) is 0 Å². The van der Waals surface area contributed by atoms with E-state index in [0.29, 0.717) is 11.5 Å². The van der Waals surface area contributed by atoms with Crippen LogP contribution in [-0.2, 0) is 0 Å². The summed E-state index contributed by atoms with van der Waals surface area (Å²) in [5.74, 6) is 0.660. The number of aromatic amines is 2. The minimum Gasteiger partial charge on any atom is -0.472 e. The van der Waals surface area contributed by atoms with Crippen molar-refractivity contribution < 1.29 is 4.42 Å². The molecule has 6 rings (SSSR count). The van der Waals surface area contributed by atoms with Gasteiger partial charge in [-0.2, -0.15) is 5.10 Å². The summed E-state index contributed by atoms with van der Waals surface area (Å²) in [6.45, 7) is 1.85. The van der Waals surface area contributed by atoms with Crippen molar-refractivity contribution in [3.05, 3.63) is 54.8 Å². The summed E-state index contributed by atoms with van der Waals surface area (Å²) < 4.78 is 5.21. The average Bonchev–Trinajstić information content (AvgIpc) is 3.52. The first-order valence-corrected chi connectivity index (χ1v) is 9.50. The predicted molar refractivity (Wildman–Crippen MR) is 110 cm³/mol. The third-order valence-electron chi connectivity index (χ3n) is 5.22. The zero-order chi connectivity index (χ0) is 19.2. The summed E-state index contributed by atoms with van der Waals surface area (Å²) in [6.07, 6.45) is 8.22. The van der Waals surface area contributed by atoms with E-state index in [1.807, 2.05) is 24.3 Å². The first-order chi connectivity index (χ1) is 14.4. The van der Waals surface area contributed by atoms with Crippen molar-refractivity contribution in [2.75, 3.05) is 13.1 Å². The Bertz CT molecular complexity index is 1360. The molecule has 0 atom stereocenters. The van der Waals surface area contributed by atoms with Crippen LogP contribution in [0.5, 0.6) is 0 Å². The average molecular weight is 383 g/mol. The topological polar surface area (TPSA) is 108 Å². The fourth-order valence-corrected chi connectivity index (χ4v) is 3.76. The SMILES string of the molecule is C1=C(c2ccc3[nH]nc(-c4nc5c(-c6ccoc6)nccc5[nH]4)c3n2)CCNC1. The van der Waals surface area contributed by atoms with E-state index < -0.39 is 0 Å². The zero-order valence-corrected chi connectivity index (χ0v) is 15.4. The molecule has 0 saturated heterocycles. The van der Waals surface area contributed by atoms with E-state index in [2.05, 4.69) is 31.6 Å². The van der Waals surface area contributed by atoms with Gasteiger partial charge in [-0.3, -0.25) is 10.1 Å². The summed E-state index contributed by atoms with van der Waals surface area (Å²) >= 11 is 0.